The molecule has 4 N–H and O–H groups in total. The lowest BCUT2D eigenvalue weighted by Gasteiger charge is -2.54. The van der Waals surface area contributed by atoms with Gasteiger partial charge in [0.05, 0.1) is 33.6 Å². The van der Waals surface area contributed by atoms with E-state index in [1.54, 1.807) is 29.7 Å². The summed E-state index contributed by atoms with van der Waals surface area (Å²) in [4.78, 5) is 57.0. The van der Waals surface area contributed by atoms with Crippen LogP contribution in [0.2, 0.25) is 0 Å². The van der Waals surface area contributed by atoms with Crippen LogP contribution in [0.25, 0.3) is 43.4 Å². The van der Waals surface area contributed by atoms with Gasteiger partial charge in [0.25, 0.3) is 0 Å². The molecule has 6 atom stereocenters. The van der Waals surface area contributed by atoms with Gasteiger partial charge in [-0.25, -0.2) is 9.37 Å². The van der Waals surface area contributed by atoms with Crippen molar-refractivity contribution in [1.29, 1.82) is 0 Å². The Bertz CT molecular complexity index is 3420. The van der Waals surface area contributed by atoms with Crippen molar-refractivity contribution < 1.29 is 33.5 Å². The predicted octanol–water partition coefficient (Wildman–Crippen LogP) is 8.35. The molecular weight excluding hydrogens is 1020 g/mol. The van der Waals surface area contributed by atoms with Crippen LogP contribution >= 0.6 is 11.3 Å². The Labute approximate surface area is 463 Å². The van der Waals surface area contributed by atoms with Gasteiger partial charge in [0.2, 0.25) is 11.8 Å². The van der Waals surface area contributed by atoms with Crippen LogP contribution in [-0.2, 0) is 21.4 Å². The number of benzene rings is 3. The average molecular weight is 1090 g/mol. The number of carbonyl (C=O) groups excluding carboxylic acids is 2. The average Bonchev–Trinajstić information content (AvgIpc) is 4.48. The van der Waals surface area contributed by atoms with E-state index in [1.165, 1.54) is 4.90 Å². The molecule has 19 heteroatoms. The molecule has 12 rings (SSSR count). The summed E-state index contributed by atoms with van der Waals surface area (Å²) in [6, 6.07) is 18.7. The number of fused-ring (bicyclic) bond motifs is 4. The molecule has 9 heterocycles. The van der Waals surface area contributed by atoms with Gasteiger partial charge < -0.3 is 44.8 Å². The molecule has 5 saturated heterocycles. The van der Waals surface area contributed by atoms with Gasteiger partial charge >= 0.3 is 6.01 Å². The third kappa shape index (κ3) is 9.83. The Kier molecular flexibility index (Phi) is 14.1. The number of ether oxygens (including phenoxy) is 1. The summed E-state index contributed by atoms with van der Waals surface area (Å²) in [6.07, 6.45) is 5.83. The molecule has 17 nitrogen and oxygen atoms in total. The van der Waals surface area contributed by atoms with E-state index < -0.39 is 23.4 Å². The van der Waals surface area contributed by atoms with Crippen molar-refractivity contribution in [2.45, 2.75) is 116 Å². The van der Waals surface area contributed by atoms with Crippen LogP contribution < -0.4 is 25.2 Å². The number of piperidine rings is 1. The number of aliphatic hydroxyl groups excluding tert-OH is 1. The lowest BCUT2D eigenvalue weighted by Crippen LogP contribution is -2.60. The Hall–Kier alpha value is -6.80. The molecule has 414 valence electrons. The third-order valence-corrected chi connectivity index (χ3v) is 19.0. The molecule has 0 aliphatic carbocycles. The van der Waals surface area contributed by atoms with Crippen molar-refractivity contribution in [3.63, 3.8) is 0 Å². The van der Waals surface area contributed by atoms with Crippen LogP contribution in [0.15, 0.2) is 76.9 Å². The lowest BCUT2D eigenvalue weighted by atomic mass is 9.72. The van der Waals surface area contributed by atoms with Gasteiger partial charge in [0, 0.05) is 81.0 Å². The van der Waals surface area contributed by atoms with Crippen molar-refractivity contribution >= 4 is 56.5 Å². The zero-order chi connectivity index (χ0) is 54.9. The second kappa shape index (κ2) is 21.0. The minimum atomic E-state index is -1.15. The molecule has 4 aromatic heterocycles. The number of β-amino-alcohol motifs (C(OH)–C–C–N with tert-alkyl or cyclic N) is 1. The second-order valence-corrected chi connectivity index (χ2v) is 24.2. The number of pyridine rings is 1. The molecule has 5 aliphatic rings. The Morgan fingerprint density at radius 1 is 1.00 bits per heavy atom. The first-order valence-corrected chi connectivity index (χ1v) is 29.0. The zero-order valence-electron chi connectivity index (χ0n) is 45.8. The number of piperazine rings is 1. The number of phenolic OH excluding ortho intramolecular Hbond substituents is 1. The van der Waals surface area contributed by atoms with E-state index in [1.807, 2.05) is 88.7 Å². The molecule has 0 radical (unpaired) electrons. The molecule has 79 heavy (non-hydrogen) atoms. The number of aryl methyl sites for hydroxylation is 2. The van der Waals surface area contributed by atoms with Gasteiger partial charge in [0.1, 0.15) is 40.8 Å². The van der Waals surface area contributed by atoms with Crippen molar-refractivity contribution in [1.82, 2.24) is 45.5 Å². The van der Waals surface area contributed by atoms with Gasteiger partial charge in [-0.05, 0) is 111 Å². The molecule has 3 aromatic carbocycles. The second-order valence-electron chi connectivity index (χ2n) is 23.4. The molecule has 2 amide bonds. The number of halogens is 1. The van der Waals surface area contributed by atoms with Crippen LogP contribution in [-0.4, -0.2) is 140 Å². The zero-order valence-corrected chi connectivity index (χ0v) is 46.7. The molecule has 0 saturated carbocycles. The number of likely N-dealkylation sites (tertiary alicyclic amines) is 2. The summed E-state index contributed by atoms with van der Waals surface area (Å²) < 4.78 is 29.6. The van der Waals surface area contributed by atoms with Gasteiger partial charge in [-0.15, -0.1) is 11.3 Å². The maximum absolute atomic E-state index is 17.2. The molecule has 7 aromatic rings. The number of nitrogens with one attached hydrogen (secondary N) is 2. The monoisotopic (exact) mass is 1090 g/mol. The number of rotatable bonds is 15. The standard InChI is InChI=1S/C60H70FN11O6S/c1-7-37-9-8-10-40-23-43(73)24-45(50(37)40)52-51(61)53-46(27-62-52)55(70-28-41-15-16-42(29-70)65-41)67-58(66-53)77-22-21-69-19-17-60(18-20-69)31-71(32-60)49-26-48(78-68-49)59(6,34(2)3)57(76)72-30-44(74)25-47(72)56(75)64-35(4)38-11-13-39(14-12-38)54-36(5)63-33-79-54/h8-14,23-24,26-27,33-35,41-42,44,47,65,73-74H,7,15-22,25,28-32H2,1-6H3,(H,64,75)/t35-,41?,42?,44+,47-,59+/m0/s1. The number of aliphatic hydroxyl groups is 1. The summed E-state index contributed by atoms with van der Waals surface area (Å²) in [7, 11) is 0. The number of anilines is 2. The Morgan fingerprint density at radius 2 is 1.76 bits per heavy atom. The fraction of sp³-hybridized carbons (Fsp3) is 0.483. The highest BCUT2D eigenvalue weighted by atomic mass is 32.1. The molecule has 2 unspecified atom stereocenters. The third-order valence-electron chi connectivity index (χ3n) is 18.0. The highest BCUT2D eigenvalue weighted by Gasteiger charge is 2.51. The topological polar surface area (TPSA) is 198 Å². The minimum absolute atomic E-state index is 0.0364. The first kappa shape index (κ1) is 52.9. The van der Waals surface area contributed by atoms with E-state index in [2.05, 4.69) is 42.4 Å². The van der Waals surface area contributed by atoms with Gasteiger partial charge in [-0.2, -0.15) is 9.97 Å². The summed E-state index contributed by atoms with van der Waals surface area (Å²) in [6.45, 7) is 17.6. The van der Waals surface area contributed by atoms with Crippen LogP contribution in [0.3, 0.4) is 0 Å². The number of hydrogen-bond donors (Lipinski definition) is 4. The van der Waals surface area contributed by atoms with E-state index in [4.69, 9.17) is 24.2 Å². The largest absolute Gasteiger partial charge is 0.508 e. The highest BCUT2D eigenvalue weighted by Crippen LogP contribution is 2.45. The van der Waals surface area contributed by atoms with Gasteiger partial charge in [-0.1, -0.05) is 68.4 Å². The molecular formula is C60H70FN11O6S. The number of amides is 2. The summed E-state index contributed by atoms with van der Waals surface area (Å²) in [5.74, 6) is 0.384. The number of aromatic nitrogens is 5. The summed E-state index contributed by atoms with van der Waals surface area (Å²) in [5.41, 5.74) is 5.58. The van der Waals surface area contributed by atoms with E-state index in [9.17, 15) is 19.8 Å². The van der Waals surface area contributed by atoms with E-state index in [0.29, 0.717) is 53.6 Å². The maximum atomic E-state index is 17.2. The Balaban J connectivity index is 0.683. The molecule has 2 bridgehead atoms. The fourth-order valence-electron chi connectivity index (χ4n) is 13.0. The Morgan fingerprint density at radius 3 is 2.47 bits per heavy atom. The number of carbonyl (C=O) groups is 2. The molecule has 5 aliphatic heterocycles. The van der Waals surface area contributed by atoms with Crippen LogP contribution in [0.1, 0.15) is 95.3 Å². The minimum Gasteiger partial charge on any atom is -0.508 e. The van der Waals surface area contributed by atoms with Crippen molar-refractivity contribution in [3.8, 4) is 33.5 Å². The van der Waals surface area contributed by atoms with Crippen molar-refractivity contribution in [3.05, 3.63) is 101 Å². The first-order valence-electron chi connectivity index (χ1n) is 28.1. The van der Waals surface area contributed by atoms with E-state index in [0.717, 1.165) is 109 Å². The molecule has 1 spiro atoms. The maximum Gasteiger partial charge on any atom is 0.319 e. The van der Waals surface area contributed by atoms with Gasteiger partial charge in [0.15, 0.2) is 17.4 Å². The predicted molar refractivity (Wildman–Crippen MR) is 303 cm³/mol. The first-order chi connectivity index (χ1) is 38.1. The van der Waals surface area contributed by atoms with Crippen LogP contribution in [0.5, 0.6) is 11.8 Å². The summed E-state index contributed by atoms with van der Waals surface area (Å²) >= 11 is 1.59. The number of thiazole rings is 1. The van der Waals surface area contributed by atoms with Gasteiger partial charge in [-0.3, -0.25) is 19.5 Å². The van der Waals surface area contributed by atoms with E-state index in [-0.39, 0.29) is 65.1 Å². The SMILES string of the molecule is CCc1cccc2cc(O)cc(-c3ncc4c(N5CC6CCC(C5)N6)nc(OCCN5CCC6(CC5)CN(c5cc([C@](C)(C(=O)N7C[C@H](O)C[C@H]7C(=O)N[C@@H](C)c7ccc(-c8scnc8C)cc7)C(C)C)on5)C6)nc4c3F)c12. The van der Waals surface area contributed by atoms with Crippen LogP contribution in [0, 0.1) is 24.1 Å². The smallest absolute Gasteiger partial charge is 0.319 e. The summed E-state index contributed by atoms with van der Waals surface area (Å²) in [5, 5.41) is 35.2. The van der Waals surface area contributed by atoms with Crippen molar-refractivity contribution in [2.75, 3.05) is 68.8 Å². The fourth-order valence-corrected chi connectivity index (χ4v) is 13.8. The number of aromatic hydroxyl groups is 1. The number of hydrogen-bond acceptors (Lipinski definition) is 16. The number of nitrogens with zero attached hydrogens (tertiary/aromatic N) is 9. The highest BCUT2D eigenvalue weighted by molar-refractivity contribution is 7.13. The quantitative estimate of drug-likeness (QED) is 0.0764. The lowest BCUT2D eigenvalue weighted by molar-refractivity contribution is -0.145. The molecule has 5 fully saturated rings. The van der Waals surface area contributed by atoms with Crippen molar-refractivity contribution in [2.24, 2.45) is 11.3 Å². The number of phenols is 1. The normalized spacial score (nSPS) is 22.2. The van der Waals surface area contributed by atoms with E-state index >= 15 is 4.39 Å². The van der Waals surface area contributed by atoms with Crippen LogP contribution in [0.4, 0.5) is 16.0 Å².